The Balaban J connectivity index is 1.39. The molecule has 2 aromatic carbocycles. The summed E-state index contributed by atoms with van der Waals surface area (Å²) >= 11 is 0. The van der Waals surface area contributed by atoms with Gasteiger partial charge in [0, 0.05) is 19.0 Å². The van der Waals surface area contributed by atoms with Crippen molar-refractivity contribution in [2.24, 2.45) is 0 Å². The molecule has 7 nitrogen and oxygen atoms in total. The van der Waals surface area contributed by atoms with E-state index >= 15 is 0 Å². The van der Waals surface area contributed by atoms with Gasteiger partial charge in [-0.3, -0.25) is 4.79 Å². The average Bonchev–Trinajstić information content (AvgIpc) is 3.37. The number of benzene rings is 2. The number of rotatable bonds is 6. The van der Waals surface area contributed by atoms with Gasteiger partial charge in [0.2, 0.25) is 0 Å². The zero-order chi connectivity index (χ0) is 21.3. The van der Waals surface area contributed by atoms with Crippen LogP contribution in [0.25, 0.3) is 5.69 Å². The van der Waals surface area contributed by atoms with Gasteiger partial charge in [-0.2, -0.15) is 5.10 Å². The molecule has 30 heavy (non-hydrogen) atoms. The number of aromatic nitrogens is 3. The molecule has 0 N–H and O–H groups in total. The van der Waals surface area contributed by atoms with E-state index in [1.54, 1.807) is 23.0 Å². The van der Waals surface area contributed by atoms with E-state index in [-0.39, 0.29) is 24.2 Å². The third kappa shape index (κ3) is 4.01. The molecule has 0 unspecified atom stereocenters. The molecule has 1 aliphatic rings. The van der Waals surface area contributed by atoms with Crippen molar-refractivity contribution < 1.29 is 14.3 Å². The zero-order valence-electron chi connectivity index (χ0n) is 17.7. The molecule has 0 saturated heterocycles. The van der Waals surface area contributed by atoms with Gasteiger partial charge < -0.3 is 14.4 Å². The Kier molecular flexibility index (Phi) is 5.20. The second-order valence-corrected chi connectivity index (χ2v) is 8.18. The number of hydrogen-bond donors (Lipinski definition) is 0. The minimum absolute atomic E-state index is 0.0435. The third-order valence-electron chi connectivity index (χ3n) is 5.44. The standard InChI is InChI=1S/C23H26N4O3/c1-16(17-8-10-19(11-9-17)27-15-24-14-25-27)26(4)21(28)13-29-20-7-5-6-18-12-23(2,3)30-22(18)20/h5-11,14-16H,12-13H2,1-4H3/t16-/m1/s1. The predicted octanol–water partition coefficient (Wildman–Crippen LogP) is 3.58. The highest BCUT2D eigenvalue weighted by Crippen LogP contribution is 2.41. The van der Waals surface area contributed by atoms with Crippen LogP contribution in [0.4, 0.5) is 0 Å². The summed E-state index contributed by atoms with van der Waals surface area (Å²) in [6.07, 6.45) is 3.97. The maximum Gasteiger partial charge on any atom is 0.260 e. The van der Waals surface area contributed by atoms with Crippen LogP contribution >= 0.6 is 0 Å². The first-order valence-electron chi connectivity index (χ1n) is 9.98. The SMILES string of the molecule is C[C@H](c1ccc(-n2cncn2)cc1)N(C)C(=O)COc1cccc2c1OC(C)(C)C2. The van der Waals surface area contributed by atoms with E-state index in [1.165, 1.54) is 6.33 Å². The molecule has 0 saturated carbocycles. The molecule has 1 amide bonds. The highest BCUT2D eigenvalue weighted by molar-refractivity contribution is 5.78. The minimum atomic E-state index is -0.254. The van der Waals surface area contributed by atoms with Crippen molar-refractivity contribution in [3.63, 3.8) is 0 Å². The lowest BCUT2D eigenvalue weighted by molar-refractivity contribution is -0.134. The molecular formula is C23H26N4O3. The number of likely N-dealkylation sites (N-methyl/N-ethyl adjacent to an activating group) is 1. The molecule has 0 fully saturated rings. The molecule has 3 aromatic rings. The summed E-state index contributed by atoms with van der Waals surface area (Å²) in [5.41, 5.74) is 2.80. The van der Waals surface area contributed by atoms with Crippen LogP contribution in [0, 0.1) is 0 Å². The number of ether oxygens (including phenoxy) is 2. The monoisotopic (exact) mass is 406 g/mol. The van der Waals surface area contributed by atoms with Crippen molar-refractivity contribution in [1.82, 2.24) is 19.7 Å². The lowest BCUT2D eigenvalue weighted by Gasteiger charge is -2.26. The summed E-state index contributed by atoms with van der Waals surface area (Å²) in [4.78, 5) is 18.4. The quantitative estimate of drug-likeness (QED) is 0.626. The predicted molar refractivity (Wildman–Crippen MR) is 113 cm³/mol. The van der Waals surface area contributed by atoms with E-state index in [9.17, 15) is 4.79 Å². The Morgan fingerprint density at radius 2 is 2.03 bits per heavy atom. The van der Waals surface area contributed by atoms with Gasteiger partial charge >= 0.3 is 0 Å². The normalized spacial score (nSPS) is 15.2. The maximum atomic E-state index is 12.8. The van der Waals surface area contributed by atoms with Crippen molar-refractivity contribution in [1.29, 1.82) is 0 Å². The topological polar surface area (TPSA) is 69.5 Å². The summed E-state index contributed by atoms with van der Waals surface area (Å²) < 4.78 is 13.6. The van der Waals surface area contributed by atoms with Gasteiger partial charge in [-0.25, -0.2) is 9.67 Å². The molecule has 156 valence electrons. The molecule has 1 atom stereocenters. The van der Waals surface area contributed by atoms with Crippen molar-refractivity contribution >= 4 is 5.91 Å². The fraction of sp³-hybridized carbons (Fsp3) is 0.348. The Labute approximate surface area is 176 Å². The van der Waals surface area contributed by atoms with E-state index in [4.69, 9.17) is 9.47 Å². The highest BCUT2D eigenvalue weighted by atomic mass is 16.5. The van der Waals surface area contributed by atoms with Crippen molar-refractivity contribution in [3.05, 3.63) is 66.2 Å². The highest BCUT2D eigenvalue weighted by Gasteiger charge is 2.32. The smallest absolute Gasteiger partial charge is 0.260 e. The number of para-hydroxylation sites is 1. The Morgan fingerprint density at radius 1 is 1.27 bits per heavy atom. The second kappa shape index (κ2) is 7.82. The molecule has 1 aliphatic heterocycles. The van der Waals surface area contributed by atoms with Crippen LogP contribution in [-0.2, 0) is 11.2 Å². The van der Waals surface area contributed by atoms with Crippen molar-refractivity contribution in [3.8, 4) is 17.2 Å². The second-order valence-electron chi connectivity index (χ2n) is 8.18. The molecule has 4 rings (SSSR count). The number of nitrogens with zero attached hydrogens (tertiary/aromatic N) is 4. The van der Waals surface area contributed by atoms with Gasteiger partial charge in [0.1, 0.15) is 18.3 Å². The number of carbonyl (C=O) groups is 1. The average molecular weight is 406 g/mol. The molecule has 0 radical (unpaired) electrons. The molecular weight excluding hydrogens is 380 g/mol. The van der Waals surface area contributed by atoms with E-state index in [2.05, 4.69) is 10.1 Å². The Morgan fingerprint density at radius 3 is 2.73 bits per heavy atom. The molecule has 2 heterocycles. The lowest BCUT2D eigenvalue weighted by Crippen LogP contribution is -2.33. The van der Waals surface area contributed by atoms with E-state index < -0.39 is 0 Å². The molecule has 7 heteroatoms. The van der Waals surface area contributed by atoms with Gasteiger partial charge in [-0.15, -0.1) is 0 Å². The first kappa shape index (κ1) is 19.9. The molecule has 0 bridgehead atoms. The van der Waals surface area contributed by atoms with Crippen LogP contribution in [0.15, 0.2) is 55.1 Å². The minimum Gasteiger partial charge on any atom is -0.483 e. The third-order valence-corrected chi connectivity index (χ3v) is 5.44. The fourth-order valence-corrected chi connectivity index (χ4v) is 3.63. The number of amides is 1. The summed E-state index contributed by atoms with van der Waals surface area (Å²) in [6, 6.07) is 13.6. The number of hydrogen-bond acceptors (Lipinski definition) is 5. The Bertz CT molecular complexity index is 1030. The summed E-state index contributed by atoms with van der Waals surface area (Å²) in [5, 5.41) is 4.13. The Hall–Kier alpha value is -3.35. The maximum absolute atomic E-state index is 12.8. The van der Waals surface area contributed by atoms with Gasteiger partial charge in [0.15, 0.2) is 18.1 Å². The van der Waals surface area contributed by atoms with Gasteiger partial charge in [0.25, 0.3) is 5.91 Å². The van der Waals surface area contributed by atoms with Gasteiger partial charge in [0.05, 0.1) is 11.7 Å². The van der Waals surface area contributed by atoms with Crippen molar-refractivity contribution in [2.45, 2.75) is 38.8 Å². The van der Waals surface area contributed by atoms with E-state index in [0.29, 0.717) is 5.75 Å². The van der Waals surface area contributed by atoms with E-state index in [0.717, 1.165) is 29.0 Å². The van der Waals surface area contributed by atoms with E-state index in [1.807, 2.05) is 63.2 Å². The van der Waals surface area contributed by atoms with Crippen LogP contribution in [0.3, 0.4) is 0 Å². The number of fused-ring (bicyclic) bond motifs is 1. The van der Waals surface area contributed by atoms with Crippen LogP contribution in [0.1, 0.15) is 37.9 Å². The van der Waals surface area contributed by atoms with Crippen LogP contribution in [0.5, 0.6) is 11.5 Å². The van der Waals surface area contributed by atoms with Crippen LogP contribution in [0.2, 0.25) is 0 Å². The lowest BCUT2D eigenvalue weighted by atomic mass is 10.0. The van der Waals surface area contributed by atoms with Crippen LogP contribution in [-0.4, -0.2) is 44.8 Å². The first-order chi connectivity index (χ1) is 14.3. The summed E-state index contributed by atoms with van der Waals surface area (Å²) in [7, 11) is 1.79. The summed E-state index contributed by atoms with van der Waals surface area (Å²) in [5.74, 6) is 1.26. The van der Waals surface area contributed by atoms with Gasteiger partial charge in [-0.05, 0) is 44.5 Å². The number of carbonyl (C=O) groups excluding carboxylic acids is 1. The largest absolute Gasteiger partial charge is 0.483 e. The fourth-order valence-electron chi connectivity index (χ4n) is 3.63. The molecule has 0 spiro atoms. The molecule has 0 aliphatic carbocycles. The van der Waals surface area contributed by atoms with Crippen molar-refractivity contribution in [2.75, 3.05) is 13.7 Å². The summed E-state index contributed by atoms with van der Waals surface area (Å²) in [6.45, 7) is 6.05. The zero-order valence-corrected chi connectivity index (χ0v) is 17.7. The first-order valence-corrected chi connectivity index (χ1v) is 9.98. The van der Waals surface area contributed by atoms with Crippen LogP contribution < -0.4 is 9.47 Å². The van der Waals surface area contributed by atoms with Gasteiger partial charge in [-0.1, -0.05) is 24.3 Å². The molecule has 1 aromatic heterocycles.